The molecule has 3 aromatic heterocycles. The van der Waals surface area contributed by atoms with Gasteiger partial charge in [0.2, 0.25) is 0 Å². The van der Waals surface area contributed by atoms with E-state index in [9.17, 15) is 0 Å². The Bertz CT molecular complexity index is 725. The van der Waals surface area contributed by atoms with Gasteiger partial charge in [-0.25, -0.2) is 4.98 Å². The Labute approximate surface area is 116 Å². The predicted molar refractivity (Wildman–Crippen MR) is 76.1 cm³/mol. The highest BCUT2D eigenvalue weighted by Gasteiger charge is 2.08. The summed E-state index contributed by atoms with van der Waals surface area (Å²) in [6, 6.07) is 2.31. The van der Waals surface area contributed by atoms with E-state index < -0.39 is 0 Å². The van der Waals surface area contributed by atoms with Gasteiger partial charge in [-0.2, -0.15) is 19.7 Å². The van der Waals surface area contributed by atoms with Crippen LogP contribution in [0.2, 0.25) is 0 Å². The molecule has 0 saturated carbocycles. The van der Waals surface area contributed by atoms with E-state index in [1.807, 2.05) is 16.9 Å². The van der Waals surface area contributed by atoms with Crippen LogP contribution in [-0.2, 0) is 6.42 Å². The molecule has 0 saturated heterocycles. The SMILES string of the molecule is CCc1cc(Nc2cnn(C(C)C)c2)n2ncnc2n1. The average molecular weight is 271 g/mol. The highest BCUT2D eigenvalue weighted by Crippen LogP contribution is 2.18. The normalized spacial score (nSPS) is 11.4. The third kappa shape index (κ3) is 2.22. The molecule has 0 aliphatic rings. The fourth-order valence-electron chi connectivity index (χ4n) is 1.96. The van der Waals surface area contributed by atoms with Crippen molar-refractivity contribution < 1.29 is 0 Å². The van der Waals surface area contributed by atoms with Gasteiger partial charge >= 0.3 is 0 Å². The molecule has 0 bridgehead atoms. The van der Waals surface area contributed by atoms with Crippen molar-refractivity contribution in [2.45, 2.75) is 33.2 Å². The van der Waals surface area contributed by atoms with Crippen LogP contribution in [0.5, 0.6) is 0 Å². The van der Waals surface area contributed by atoms with Crippen molar-refractivity contribution in [1.82, 2.24) is 29.4 Å². The molecule has 0 radical (unpaired) electrons. The molecule has 0 amide bonds. The molecule has 0 aliphatic carbocycles. The zero-order chi connectivity index (χ0) is 14.1. The van der Waals surface area contributed by atoms with E-state index in [1.54, 1.807) is 10.7 Å². The van der Waals surface area contributed by atoms with Crippen LogP contribution in [0.4, 0.5) is 11.5 Å². The lowest BCUT2D eigenvalue weighted by Gasteiger charge is -2.07. The standard InChI is InChI=1S/C13H17N7/c1-4-10-5-12(20-13(18-10)14-8-16-20)17-11-6-15-19(7-11)9(2)3/h5-9,17H,4H2,1-3H3. The highest BCUT2D eigenvalue weighted by atomic mass is 15.4. The van der Waals surface area contributed by atoms with Crippen molar-refractivity contribution in [2.75, 3.05) is 5.32 Å². The first-order valence-corrected chi connectivity index (χ1v) is 6.68. The van der Waals surface area contributed by atoms with Crippen LogP contribution in [0, 0.1) is 0 Å². The van der Waals surface area contributed by atoms with E-state index in [2.05, 4.69) is 46.3 Å². The van der Waals surface area contributed by atoms with Crippen LogP contribution in [-0.4, -0.2) is 29.4 Å². The summed E-state index contributed by atoms with van der Waals surface area (Å²) in [5.41, 5.74) is 1.90. The maximum absolute atomic E-state index is 4.42. The first-order chi connectivity index (χ1) is 9.67. The van der Waals surface area contributed by atoms with Gasteiger partial charge in [0.05, 0.1) is 11.9 Å². The number of anilines is 2. The Morgan fingerprint density at radius 2 is 2.15 bits per heavy atom. The van der Waals surface area contributed by atoms with Crippen molar-refractivity contribution in [3.63, 3.8) is 0 Å². The molecule has 0 aromatic carbocycles. The Kier molecular flexibility index (Phi) is 3.09. The lowest BCUT2D eigenvalue weighted by Crippen LogP contribution is -2.03. The van der Waals surface area contributed by atoms with Gasteiger partial charge in [0.15, 0.2) is 0 Å². The van der Waals surface area contributed by atoms with E-state index in [4.69, 9.17) is 0 Å². The minimum atomic E-state index is 0.334. The number of nitrogens with one attached hydrogen (secondary N) is 1. The number of hydrogen-bond acceptors (Lipinski definition) is 5. The first kappa shape index (κ1) is 12.6. The molecule has 3 aromatic rings. The van der Waals surface area contributed by atoms with Crippen molar-refractivity contribution in [3.05, 3.63) is 30.5 Å². The van der Waals surface area contributed by atoms with Gasteiger partial charge in [0.25, 0.3) is 5.78 Å². The highest BCUT2D eigenvalue weighted by molar-refractivity contribution is 5.57. The van der Waals surface area contributed by atoms with Crippen LogP contribution in [0.3, 0.4) is 0 Å². The smallest absolute Gasteiger partial charge is 0.254 e. The van der Waals surface area contributed by atoms with Crippen LogP contribution in [0.25, 0.3) is 5.78 Å². The van der Waals surface area contributed by atoms with Gasteiger partial charge in [-0.15, -0.1) is 0 Å². The van der Waals surface area contributed by atoms with Gasteiger partial charge in [-0.05, 0) is 20.3 Å². The van der Waals surface area contributed by atoms with Crippen molar-refractivity contribution in [2.24, 2.45) is 0 Å². The molecule has 0 unspecified atom stereocenters. The monoisotopic (exact) mass is 271 g/mol. The molecule has 20 heavy (non-hydrogen) atoms. The molecule has 1 N–H and O–H groups in total. The summed E-state index contributed by atoms with van der Waals surface area (Å²) in [5, 5.41) is 11.8. The lowest BCUT2D eigenvalue weighted by atomic mass is 10.3. The molecule has 104 valence electrons. The zero-order valence-corrected chi connectivity index (χ0v) is 11.8. The number of nitrogens with zero attached hydrogens (tertiary/aromatic N) is 6. The molecule has 0 atom stereocenters. The Balaban J connectivity index is 1.98. The van der Waals surface area contributed by atoms with E-state index >= 15 is 0 Å². The van der Waals surface area contributed by atoms with E-state index in [0.717, 1.165) is 23.6 Å². The number of aryl methyl sites for hydroxylation is 1. The van der Waals surface area contributed by atoms with E-state index in [-0.39, 0.29) is 0 Å². The van der Waals surface area contributed by atoms with Gasteiger partial charge in [0.1, 0.15) is 12.1 Å². The van der Waals surface area contributed by atoms with Crippen molar-refractivity contribution in [1.29, 1.82) is 0 Å². The minimum absolute atomic E-state index is 0.334. The van der Waals surface area contributed by atoms with Crippen molar-refractivity contribution >= 4 is 17.3 Å². The van der Waals surface area contributed by atoms with Gasteiger partial charge < -0.3 is 5.32 Å². The minimum Gasteiger partial charge on any atom is -0.337 e. The third-order valence-corrected chi connectivity index (χ3v) is 3.07. The largest absolute Gasteiger partial charge is 0.337 e. The molecule has 7 nitrogen and oxygen atoms in total. The number of hydrogen-bond donors (Lipinski definition) is 1. The average Bonchev–Trinajstić information content (AvgIpc) is 3.06. The maximum atomic E-state index is 4.42. The van der Waals surface area contributed by atoms with Gasteiger partial charge in [-0.1, -0.05) is 6.92 Å². The summed E-state index contributed by atoms with van der Waals surface area (Å²) in [6.45, 7) is 6.25. The third-order valence-electron chi connectivity index (χ3n) is 3.07. The molecular formula is C13H17N7. The Morgan fingerprint density at radius 3 is 2.85 bits per heavy atom. The molecule has 0 aliphatic heterocycles. The van der Waals surface area contributed by atoms with E-state index in [0.29, 0.717) is 11.8 Å². The van der Waals surface area contributed by atoms with E-state index in [1.165, 1.54) is 6.33 Å². The molecule has 3 heterocycles. The molecule has 0 spiro atoms. The summed E-state index contributed by atoms with van der Waals surface area (Å²) in [7, 11) is 0. The Hall–Kier alpha value is -2.44. The second-order valence-corrected chi connectivity index (χ2v) is 4.89. The summed E-state index contributed by atoms with van der Waals surface area (Å²) in [5.74, 6) is 1.44. The molecule has 3 rings (SSSR count). The molecule has 0 fully saturated rings. The molecular weight excluding hydrogens is 254 g/mol. The van der Waals surface area contributed by atoms with Crippen LogP contribution in [0.15, 0.2) is 24.8 Å². The topological polar surface area (TPSA) is 72.9 Å². The number of fused-ring (bicyclic) bond motifs is 1. The predicted octanol–water partition coefficient (Wildman–Crippen LogP) is 2.21. The maximum Gasteiger partial charge on any atom is 0.254 e. The first-order valence-electron chi connectivity index (χ1n) is 6.68. The summed E-state index contributed by atoms with van der Waals surface area (Å²) >= 11 is 0. The van der Waals surface area contributed by atoms with Crippen LogP contribution >= 0.6 is 0 Å². The van der Waals surface area contributed by atoms with Gasteiger partial charge in [-0.3, -0.25) is 4.68 Å². The quantitative estimate of drug-likeness (QED) is 0.787. The Morgan fingerprint density at radius 1 is 1.30 bits per heavy atom. The fourth-order valence-corrected chi connectivity index (χ4v) is 1.96. The number of aromatic nitrogens is 6. The van der Waals surface area contributed by atoms with Gasteiger partial charge in [0, 0.05) is 24.0 Å². The second-order valence-electron chi connectivity index (χ2n) is 4.89. The van der Waals surface area contributed by atoms with Crippen molar-refractivity contribution in [3.8, 4) is 0 Å². The fraction of sp³-hybridized carbons (Fsp3) is 0.385. The zero-order valence-electron chi connectivity index (χ0n) is 11.8. The van der Waals surface area contributed by atoms with Crippen LogP contribution in [0.1, 0.15) is 32.5 Å². The summed E-state index contributed by atoms with van der Waals surface area (Å²) in [4.78, 5) is 8.56. The summed E-state index contributed by atoms with van der Waals surface area (Å²) in [6.07, 6.45) is 6.13. The van der Waals surface area contributed by atoms with Crippen LogP contribution < -0.4 is 5.32 Å². The lowest BCUT2D eigenvalue weighted by molar-refractivity contribution is 0.532. The second kappa shape index (κ2) is 4.92. The molecule has 7 heteroatoms. The summed E-state index contributed by atoms with van der Waals surface area (Å²) < 4.78 is 3.59. The number of rotatable bonds is 4.